The maximum Gasteiger partial charge on any atom is 0.186 e. The Kier molecular flexibility index (Phi) is 9.17. The number of carbonyl (C=O) groups excluding carboxylic acids is 1. The van der Waals surface area contributed by atoms with Crippen molar-refractivity contribution in [2.24, 2.45) is 17.6 Å². The van der Waals surface area contributed by atoms with E-state index in [1.165, 1.54) is 5.56 Å². The van der Waals surface area contributed by atoms with E-state index in [4.69, 9.17) is 10.5 Å². The molecule has 0 saturated carbocycles. The van der Waals surface area contributed by atoms with E-state index < -0.39 is 18.4 Å². The molecule has 2 bridgehead atoms. The number of aliphatic hydroxyl groups excluding tert-OH is 2. The van der Waals surface area contributed by atoms with Gasteiger partial charge in [-0.05, 0) is 77.1 Å². The van der Waals surface area contributed by atoms with E-state index >= 15 is 0 Å². The second kappa shape index (κ2) is 13.7. The number of allylic oxidation sites excluding steroid dienone is 1. The number of phenolic OH excluding ortho intramolecular Hbond substituents is 1. The number of fused-ring (bicyclic) bond motifs is 4. The molecular weight excluding hydrogens is 604 g/mol. The SMILES string of the molecule is C[C@H]1C=C[C@H]([C@@H](O)CC(=O)CCc2ccc(O)c(O[C@@H]3CC#C[C@H](O)c4ccc5c(c4Cc4c[nH]c6cn3cc46)CCN[C@H]5N)c2)CC1. The third-order valence-electron chi connectivity index (χ3n) is 10.2. The summed E-state index contributed by atoms with van der Waals surface area (Å²) in [5.41, 5.74) is 13.4. The number of hydrogen-bond acceptors (Lipinski definition) is 7. The zero-order chi connectivity index (χ0) is 33.4. The van der Waals surface area contributed by atoms with E-state index in [1.54, 1.807) is 18.2 Å². The first-order chi connectivity index (χ1) is 23.2. The molecule has 48 heavy (non-hydrogen) atoms. The third kappa shape index (κ3) is 6.67. The molecule has 4 heterocycles. The molecule has 7 N–H and O–H groups in total. The molecule has 0 amide bonds. The number of hydrogen-bond donors (Lipinski definition) is 6. The summed E-state index contributed by atoms with van der Waals surface area (Å²) in [5, 5.41) is 37.1. The Labute approximate surface area is 280 Å². The van der Waals surface area contributed by atoms with Crippen LogP contribution < -0.4 is 15.8 Å². The first-order valence-corrected chi connectivity index (χ1v) is 17.1. The summed E-state index contributed by atoms with van der Waals surface area (Å²) in [6.07, 6.45) is 12.3. The van der Waals surface area contributed by atoms with Gasteiger partial charge in [-0.15, -0.1) is 0 Å². The molecule has 0 radical (unpaired) electrons. The van der Waals surface area contributed by atoms with Crippen molar-refractivity contribution >= 4 is 16.7 Å². The van der Waals surface area contributed by atoms with Gasteiger partial charge in [0.1, 0.15) is 11.9 Å². The molecule has 0 spiro atoms. The van der Waals surface area contributed by atoms with Gasteiger partial charge in [-0.2, -0.15) is 0 Å². The number of ether oxygens (including phenoxy) is 1. The molecule has 2 aliphatic heterocycles. The lowest BCUT2D eigenvalue weighted by Crippen LogP contribution is -2.36. The van der Waals surface area contributed by atoms with E-state index in [2.05, 4.69) is 41.2 Å². The van der Waals surface area contributed by atoms with Crippen LogP contribution >= 0.6 is 0 Å². The van der Waals surface area contributed by atoms with Gasteiger partial charge in [-0.1, -0.05) is 49.1 Å². The van der Waals surface area contributed by atoms with Gasteiger partial charge in [-0.25, -0.2) is 0 Å². The minimum absolute atomic E-state index is 0.0114. The molecule has 250 valence electrons. The summed E-state index contributed by atoms with van der Waals surface area (Å²) in [6, 6.07) is 9.08. The smallest absolute Gasteiger partial charge is 0.186 e. The maximum absolute atomic E-state index is 12.8. The van der Waals surface area contributed by atoms with E-state index in [1.807, 2.05) is 35.3 Å². The number of nitrogens with one attached hydrogen (secondary N) is 2. The van der Waals surface area contributed by atoms with E-state index in [9.17, 15) is 20.1 Å². The monoisotopic (exact) mass is 648 g/mol. The molecular formula is C39H44N4O5. The van der Waals surface area contributed by atoms with Crippen molar-refractivity contribution in [2.45, 2.75) is 82.9 Å². The summed E-state index contributed by atoms with van der Waals surface area (Å²) < 4.78 is 8.37. The molecule has 0 fully saturated rings. The Hall–Kier alpha value is -4.33. The van der Waals surface area contributed by atoms with Gasteiger partial charge in [0.15, 0.2) is 17.7 Å². The predicted octanol–water partition coefficient (Wildman–Crippen LogP) is 5.24. The molecule has 7 rings (SSSR count). The number of nitrogens with two attached hydrogens (primary N) is 1. The molecule has 2 aromatic heterocycles. The number of phenols is 1. The van der Waals surface area contributed by atoms with Gasteiger partial charge in [0, 0.05) is 55.7 Å². The fourth-order valence-corrected chi connectivity index (χ4v) is 7.39. The average molecular weight is 649 g/mol. The third-order valence-corrected chi connectivity index (χ3v) is 10.2. The van der Waals surface area contributed by atoms with Gasteiger partial charge < -0.3 is 35.3 Å². The quantitative estimate of drug-likeness (QED) is 0.113. The second-order valence-corrected chi connectivity index (χ2v) is 13.6. The largest absolute Gasteiger partial charge is 0.504 e. The Morgan fingerprint density at radius 2 is 2.00 bits per heavy atom. The molecule has 9 heteroatoms. The lowest BCUT2D eigenvalue weighted by molar-refractivity contribution is -0.121. The zero-order valence-corrected chi connectivity index (χ0v) is 27.3. The number of Topliss-reactive ketones (excluding diaryl/α,β-unsaturated/α-hetero) is 1. The minimum Gasteiger partial charge on any atom is -0.504 e. The number of carbonyl (C=O) groups is 1. The highest BCUT2D eigenvalue weighted by Gasteiger charge is 2.26. The van der Waals surface area contributed by atoms with Crippen LogP contribution in [0.5, 0.6) is 11.5 Å². The summed E-state index contributed by atoms with van der Waals surface area (Å²) in [6.45, 7) is 2.93. The van der Waals surface area contributed by atoms with Gasteiger partial charge in [0.05, 0.1) is 24.2 Å². The van der Waals surface area contributed by atoms with Crippen LogP contribution in [0.1, 0.15) is 90.9 Å². The van der Waals surface area contributed by atoms with Crippen LogP contribution in [-0.4, -0.2) is 43.3 Å². The van der Waals surface area contributed by atoms with Gasteiger partial charge in [-0.3, -0.25) is 10.1 Å². The number of aryl methyl sites for hydroxylation is 1. The highest BCUT2D eigenvalue weighted by Crippen LogP contribution is 2.36. The van der Waals surface area contributed by atoms with Gasteiger partial charge in [0.2, 0.25) is 0 Å². The van der Waals surface area contributed by atoms with E-state index in [0.29, 0.717) is 30.9 Å². The van der Waals surface area contributed by atoms with E-state index in [0.717, 1.165) is 64.5 Å². The van der Waals surface area contributed by atoms with Crippen molar-refractivity contribution in [3.05, 3.63) is 94.5 Å². The Morgan fingerprint density at radius 3 is 2.83 bits per heavy atom. The number of nitrogens with zero attached hydrogens (tertiary/aromatic N) is 1. The van der Waals surface area contributed by atoms with Gasteiger partial charge >= 0.3 is 0 Å². The number of aromatic hydroxyl groups is 1. The molecule has 1 aliphatic carbocycles. The van der Waals surface area contributed by atoms with Gasteiger partial charge in [0.25, 0.3) is 0 Å². The van der Waals surface area contributed by atoms with Crippen molar-refractivity contribution < 1.29 is 24.9 Å². The summed E-state index contributed by atoms with van der Waals surface area (Å²) in [5.74, 6) is 7.03. The number of aromatic amines is 1. The maximum atomic E-state index is 12.8. The second-order valence-electron chi connectivity index (χ2n) is 13.6. The molecule has 6 atom stereocenters. The predicted molar refractivity (Wildman–Crippen MR) is 184 cm³/mol. The molecule has 9 nitrogen and oxygen atoms in total. The normalized spacial score (nSPS) is 24.1. The van der Waals surface area contributed by atoms with Crippen LogP contribution in [0, 0.1) is 23.7 Å². The van der Waals surface area contributed by atoms with Crippen LogP contribution in [0.25, 0.3) is 10.9 Å². The van der Waals surface area contributed by atoms with Crippen LogP contribution in [0.2, 0.25) is 0 Å². The lowest BCUT2D eigenvalue weighted by atomic mass is 9.84. The van der Waals surface area contributed by atoms with Crippen molar-refractivity contribution in [2.75, 3.05) is 6.54 Å². The molecule has 0 saturated heterocycles. The first-order valence-electron chi connectivity index (χ1n) is 17.1. The fourth-order valence-electron chi connectivity index (χ4n) is 7.39. The van der Waals surface area contributed by atoms with Crippen molar-refractivity contribution in [3.63, 3.8) is 0 Å². The summed E-state index contributed by atoms with van der Waals surface area (Å²) in [7, 11) is 0. The Bertz CT molecular complexity index is 1910. The van der Waals surface area contributed by atoms with Crippen molar-refractivity contribution in [1.82, 2.24) is 14.9 Å². The summed E-state index contributed by atoms with van der Waals surface area (Å²) >= 11 is 0. The van der Waals surface area contributed by atoms with Crippen LogP contribution in [-0.2, 0) is 24.1 Å². The number of ketones is 1. The number of rotatable bonds is 8. The standard InChI is InChI=1S/C39H44N4O5/c1-23-5-9-25(10-6-23)36(47)19-27(44)11-7-24-8-14-35(46)37(17-24)48-38-4-2-3-34(45)29-12-13-30-28(15-16-41-39(30)40)31(29)18-26-20-42-33-22-43(38)21-32(26)33/h5,8-9,12-14,17,20-23,25,34,36,38-39,41-42,45-47H,4,6-7,10-11,15-16,18-19,40H2,1H3/t23-,25-,34-,36-,38+,39+/m0/s1. The van der Waals surface area contributed by atoms with Crippen molar-refractivity contribution in [3.8, 4) is 23.3 Å². The fraction of sp³-hybridized carbons (Fsp3) is 0.410. The summed E-state index contributed by atoms with van der Waals surface area (Å²) in [4.78, 5) is 16.2. The Morgan fingerprint density at radius 1 is 1.15 bits per heavy atom. The molecule has 0 unspecified atom stereocenters. The van der Waals surface area contributed by atoms with Crippen LogP contribution in [0.3, 0.4) is 0 Å². The highest BCUT2D eigenvalue weighted by atomic mass is 16.5. The first kappa shape index (κ1) is 32.2. The van der Waals surface area contributed by atoms with Crippen molar-refractivity contribution in [1.29, 1.82) is 0 Å². The number of benzene rings is 2. The number of aliphatic hydroxyl groups is 2. The van der Waals surface area contributed by atoms with E-state index in [-0.39, 0.29) is 36.5 Å². The molecule has 3 aliphatic rings. The van der Waals surface area contributed by atoms with Crippen LogP contribution in [0.4, 0.5) is 0 Å². The highest BCUT2D eigenvalue weighted by molar-refractivity contribution is 5.83. The minimum atomic E-state index is -0.981. The number of aromatic nitrogens is 2. The Balaban J connectivity index is 1.10. The van der Waals surface area contributed by atoms with Crippen LogP contribution in [0.15, 0.2) is 61.1 Å². The zero-order valence-electron chi connectivity index (χ0n) is 27.3. The topological polar surface area (TPSA) is 146 Å². The number of H-pyrrole nitrogens is 1. The average Bonchev–Trinajstić information content (AvgIpc) is 3.66. The molecule has 4 aromatic rings. The lowest BCUT2D eigenvalue weighted by Gasteiger charge is -2.28. The molecule has 2 aromatic carbocycles.